The Labute approximate surface area is 157 Å². The fraction of sp³-hybridized carbons (Fsp3) is 0.316. The van der Waals surface area contributed by atoms with Crippen LogP contribution in [0.15, 0.2) is 42.6 Å². The molecular formula is C19H20ClN3O3. The molecule has 6 nitrogen and oxygen atoms in total. The minimum Gasteiger partial charge on any atom is -0.378 e. The lowest BCUT2D eigenvalue weighted by atomic mass is 10.1. The van der Waals surface area contributed by atoms with E-state index in [-0.39, 0.29) is 17.5 Å². The predicted octanol–water partition coefficient (Wildman–Crippen LogP) is 2.18. The summed E-state index contributed by atoms with van der Waals surface area (Å²) in [5.74, 6) is -0.401. The van der Waals surface area contributed by atoms with Crippen molar-refractivity contribution in [3.8, 4) is 0 Å². The van der Waals surface area contributed by atoms with Crippen LogP contribution in [0.4, 0.5) is 0 Å². The zero-order chi connectivity index (χ0) is 18.4. The molecule has 2 amide bonds. The van der Waals surface area contributed by atoms with Crippen molar-refractivity contribution in [2.75, 3.05) is 32.8 Å². The number of ether oxygens (including phenoxy) is 1. The first kappa shape index (κ1) is 18.4. The van der Waals surface area contributed by atoms with Crippen molar-refractivity contribution in [3.05, 3.63) is 64.4 Å². The van der Waals surface area contributed by atoms with Gasteiger partial charge in [-0.3, -0.25) is 14.6 Å². The average Bonchev–Trinajstić information content (AvgIpc) is 2.69. The summed E-state index contributed by atoms with van der Waals surface area (Å²) < 4.78 is 5.26. The van der Waals surface area contributed by atoms with Gasteiger partial charge in [0.15, 0.2) is 0 Å². The third-order valence-corrected chi connectivity index (χ3v) is 4.40. The van der Waals surface area contributed by atoms with Gasteiger partial charge in [-0.05, 0) is 36.2 Å². The van der Waals surface area contributed by atoms with E-state index in [0.29, 0.717) is 49.9 Å². The number of hydrogen-bond donors (Lipinski definition) is 1. The van der Waals surface area contributed by atoms with Crippen molar-refractivity contribution < 1.29 is 14.3 Å². The lowest BCUT2D eigenvalue weighted by Crippen LogP contribution is -2.40. The summed E-state index contributed by atoms with van der Waals surface area (Å²) in [7, 11) is 0. The van der Waals surface area contributed by atoms with E-state index in [4.69, 9.17) is 16.3 Å². The molecule has 2 aromatic rings. The maximum atomic E-state index is 12.5. The highest BCUT2D eigenvalue weighted by Gasteiger charge is 2.19. The van der Waals surface area contributed by atoms with Gasteiger partial charge in [-0.15, -0.1) is 0 Å². The summed E-state index contributed by atoms with van der Waals surface area (Å²) in [4.78, 5) is 30.6. The van der Waals surface area contributed by atoms with Crippen molar-refractivity contribution >= 4 is 23.4 Å². The molecule has 3 rings (SSSR count). The third kappa shape index (κ3) is 4.80. The summed E-state index contributed by atoms with van der Waals surface area (Å²) >= 11 is 5.86. The Bertz CT molecular complexity index is 774. The van der Waals surface area contributed by atoms with Gasteiger partial charge < -0.3 is 15.0 Å². The van der Waals surface area contributed by atoms with Gasteiger partial charge in [-0.25, -0.2) is 0 Å². The van der Waals surface area contributed by atoms with Gasteiger partial charge in [-0.2, -0.15) is 0 Å². The van der Waals surface area contributed by atoms with E-state index >= 15 is 0 Å². The molecule has 1 aliphatic heterocycles. The number of rotatable bonds is 5. The van der Waals surface area contributed by atoms with Crippen LogP contribution in [0.2, 0.25) is 5.02 Å². The molecule has 1 aromatic heterocycles. The van der Waals surface area contributed by atoms with Gasteiger partial charge in [0.1, 0.15) is 5.69 Å². The Balaban J connectivity index is 1.57. The minimum atomic E-state index is -0.296. The van der Waals surface area contributed by atoms with Crippen LogP contribution in [0.25, 0.3) is 0 Å². The van der Waals surface area contributed by atoms with Crippen LogP contribution >= 0.6 is 11.6 Å². The average molecular weight is 374 g/mol. The van der Waals surface area contributed by atoms with E-state index in [2.05, 4.69) is 10.3 Å². The number of benzene rings is 1. The topological polar surface area (TPSA) is 71.5 Å². The molecule has 7 heteroatoms. The number of nitrogens with zero attached hydrogens (tertiary/aromatic N) is 2. The molecule has 26 heavy (non-hydrogen) atoms. The highest BCUT2D eigenvalue weighted by Crippen LogP contribution is 2.10. The van der Waals surface area contributed by atoms with Crippen molar-refractivity contribution in [1.29, 1.82) is 0 Å². The second-order valence-electron chi connectivity index (χ2n) is 5.97. The number of halogens is 1. The van der Waals surface area contributed by atoms with Gasteiger partial charge in [0.05, 0.1) is 13.2 Å². The van der Waals surface area contributed by atoms with E-state index in [1.807, 2.05) is 24.3 Å². The van der Waals surface area contributed by atoms with Gasteiger partial charge in [0.25, 0.3) is 11.8 Å². The summed E-state index contributed by atoms with van der Waals surface area (Å²) in [5.41, 5.74) is 1.78. The first-order valence-corrected chi connectivity index (χ1v) is 8.87. The summed E-state index contributed by atoms with van der Waals surface area (Å²) in [6, 6.07) is 10.7. The SMILES string of the molecule is O=C(NCCc1ccc(Cl)cc1)c1cc(C(=O)N2CCOCC2)ccn1. The molecule has 1 aromatic carbocycles. The normalized spacial score (nSPS) is 14.1. The van der Waals surface area contributed by atoms with Crippen LogP contribution in [0.5, 0.6) is 0 Å². The molecule has 0 aliphatic carbocycles. The Morgan fingerprint density at radius 1 is 1.15 bits per heavy atom. The number of pyridine rings is 1. The summed E-state index contributed by atoms with van der Waals surface area (Å²) in [6.07, 6.45) is 2.18. The minimum absolute atomic E-state index is 0.106. The first-order chi connectivity index (χ1) is 12.6. The van der Waals surface area contributed by atoms with Crippen LogP contribution in [-0.2, 0) is 11.2 Å². The molecule has 0 saturated carbocycles. The molecule has 1 aliphatic rings. The number of morpholine rings is 1. The number of carbonyl (C=O) groups excluding carboxylic acids is 2. The summed E-state index contributed by atoms with van der Waals surface area (Å²) in [6.45, 7) is 2.67. The van der Waals surface area contributed by atoms with Gasteiger partial charge in [-0.1, -0.05) is 23.7 Å². The van der Waals surface area contributed by atoms with E-state index in [9.17, 15) is 9.59 Å². The highest BCUT2D eigenvalue weighted by atomic mass is 35.5. The lowest BCUT2D eigenvalue weighted by Gasteiger charge is -2.26. The molecule has 0 atom stereocenters. The maximum absolute atomic E-state index is 12.5. The molecule has 2 heterocycles. The quantitative estimate of drug-likeness (QED) is 0.872. The number of amides is 2. The maximum Gasteiger partial charge on any atom is 0.269 e. The fourth-order valence-corrected chi connectivity index (χ4v) is 2.82. The molecule has 0 bridgehead atoms. The zero-order valence-electron chi connectivity index (χ0n) is 14.3. The van der Waals surface area contributed by atoms with E-state index in [0.717, 1.165) is 5.56 Å². The standard InChI is InChI=1S/C19H20ClN3O3/c20-16-3-1-14(2-4-16)5-7-22-18(24)17-13-15(6-8-21-17)19(25)23-9-11-26-12-10-23/h1-4,6,8,13H,5,7,9-12H2,(H,22,24). The van der Waals surface area contributed by atoms with Gasteiger partial charge >= 0.3 is 0 Å². The van der Waals surface area contributed by atoms with Crippen LogP contribution in [0, 0.1) is 0 Å². The molecule has 136 valence electrons. The van der Waals surface area contributed by atoms with E-state index in [1.54, 1.807) is 11.0 Å². The number of nitrogens with one attached hydrogen (secondary N) is 1. The fourth-order valence-electron chi connectivity index (χ4n) is 2.70. The van der Waals surface area contributed by atoms with Crippen LogP contribution < -0.4 is 5.32 Å². The van der Waals surface area contributed by atoms with Crippen LogP contribution in [0.3, 0.4) is 0 Å². The van der Waals surface area contributed by atoms with Crippen molar-refractivity contribution in [2.24, 2.45) is 0 Å². The van der Waals surface area contributed by atoms with Crippen LogP contribution in [0.1, 0.15) is 26.4 Å². The van der Waals surface area contributed by atoms with Gasteiger partial charge in [0, 0.05) is 36.4 Å². The van der Waals surface area contributed by atoms with E-state index in [1.165, 1.54) is 12.3 Å². The molecular weight excluding hydrogens is 354 g/mol. The molecule has 0 spiro atoms. The van der Waals surface area contributed by atoms with E-state index < -0.39 is 0 Å². The Kier molecular flexibility index (Phi) is 6.20. The second kappa shape index (κ2) is 8.78. The first-order valence-electron chi connectivity index (χ1n) is 8.49. The largest absolute Gasteiger partial charge is 0.378 e. The third-order valence-electron chi connectivity index (χ3n) is 4.15. The Morgan fingerprint density at radius 3 is 2.62 bits per heavy atom. The molecule has 0 unspecified atom stereocenters. The summed E-state index contributed by atoms with van der Waals surface area (Å²) in [5, 5.41) is 3.51. The Morgan fingerprint density at radius 2 is 1.88 bits per heavy atom. The predicted molar refractivity (Wildman–Crippen MR) is 98.4 cm³/mol. The van der Waals surface area contributed by atoms with Crippen molar-refractivity contribution in [2.45, 2.75) is 6.42 Å². The molecule has 1 N–H and O–H groups in total. The smallest absolute Gasteiger partial charge is 0.269 e. The van der Waals surface area contributed by atoms with Crippen LogP contribution in [-0.4, -0.2) is 54.5 Å². The molecule has 1 saturated heterocycles. The number of hydrogen-bond acceptors (Lipinski definition) is 4. The Hall–Kier alpha value is -2.44. The molecule has 1 fully saturated rings. The number of aromatic nitrogens is 1. The molecule has 0 radical (unpaired) electrons. The van der Waals surface area contributed by atoms with Crippen molar-refractivity contribution in [1.82, 2.24) is 15.2 Å². The van der Waals surface area contributed by atoms with Crippen molar-refractivity contribution in [3.63, 3.8) is 0 Å². The highest BCUT2D eigenvalue weighted by molar-refractivity contribution is 6.30. The monoisotopic (exact) mass is 373 g/mol. The number of carbonyl (C=O) groups is 2. The van der Waals surface area contributed by atoms with Gasteiger partial charge in [0.2, 0.25) is 0 Å². The second-order valence-corrected chi connectivity index (χ2v) is 6.40. The zero-order valence-corrected chi connectivity index (χ0v) is 15.0. The lowest BCUT2D eigenvalue weighted by molar-refractivity contribution is 0.0303.